The van der Waals surface area contributed by atoms with Gasteiger partial charge < -0.3 is 9.84 Å². The van der Waals surface area contributed by atoms with Crippen molar-refractivity contribution in [2.24, 2.45) is 5.92 Å². The monoisotopic (exact) mass is 288 g/mol. The van der Waals surface area contributed by atoms with Crippen LogP contribution in [0.25, 0.3) is 0 Å². The molecule has 1 aliphatic carbocycles. The summed E-state index contributed by atoms with van der Waals surface area (Å²) in [5, 5.41) is 10.5. The molecule has 5 heteroatoms. The van der Waals surface area contributed by atoms with E-state index in [-0.39, 0.29) is 5.75 Å². The number of hydrogen-bond acceptors (Lipinski definition) is 2. The molecule has 0 saturated heterocycles. The van der Waals surface area contributed by atoms with Crippen LogP contribution in [-0.2, 0) is 6.42 Å². The highest BCUT2D eigenvalue weighted by Gasteiger charge is 2.36. The van der Waals surface area contributed by atoms with E-state index in [2.05, 4.69) is 11.7 Å². The third-order valence-electron chi connectivity index (χ3n) is 3.95. The van der Waals surface area contributed by atoms with Gasteiger partial charge in [0.05, 0.1) is 5.60 Å². The molecular formula is C15H19F3O2. The van der Waals surface area contributed by atoms with E-state index in [0.29, 0.717) is 12.3 Å². The molecule has 2 atom stereocenters. The predicted molar refractivity (Wildman–Crippen MR) is 69.4 cm³/mol. The highest BCUT2D eigenvalue weighted by molar-refractivity contribution is 5.28. The molecule has 112 valence electrons. The molecule has 2 rings (SSSR count). The lowest BCUT2D eigenvalue weighted by molar-refractivity contribution is -0.274. The largest absolute Gasteiger partial charge is 0.573 e. The van der Waals surface area contributed by atoms with Crippen molar-refractivity contribution in [3.8, 4) is 5.75 Å². The van der Waals surface area contributed by atoms with Crippen LogP contribution in [0, 0.1) is 5.92 Å². The molecule has 1 aromatic carbocycles. The minimum absolute atomic E-state index is 0.230. The minimum atomic E-state index is -4.67. The molecule has 1 fully saturated rings. The van der Waals surface area contributed by atoms with Gasteiger partial charge >= 0.3 is 6.36 Å². The van der Waals surface area contributed by atoms with Crippen molar-refractivity contribution in [2.75, 3.05) is 0 Å². The lowest BCUT2D eigenvalue weighted by Crippen LogP contribution is -2.27. The van der Waals surface area contributed by atoms with Crippen LogP contribution in [-0.4, -0.2) is 17.1 Å². The molecule has 0 heterocycles. The topological polar surface area (TPSA) is 29.5 Å². The van der Waals surface area contributed by atoms with E-state index in [0.717, 1.165) is 31.2 Å². The summed E-state index contributed by atoms with van der Waals surface area (Å²) in [6.07, 6.45) is -0.588. The average Bonchev–Trinajstić information content (AvgIpc) is 2.72. The van der Waals surface area contributed by atoms with Gasteiger partial charge in [-0.15, -0.1) is 13.2 Å². The van der Waals surface area contributed by atoms with E-state index in [1.54, 1.807) is 12.1 Å². The summed E-state index contributed by atoms with van der Waals surface area (Å²) in [5.41, 5.74) is 0.117. The van der Waals surface area contributed by atoms with Crippen LogP contribution >= 0.6 is 0 Å². The summed E-state index contributed by atoms with van der Waals surface area (Å²) in [7, 11) is 0. The number of hydrogen-bond donors (Lipinski definition) is 1. The highest BCUT2D eigenvalue weighted by atomic mass is 19.4. The first-order valence-corrected chi connectivity index (χ1v) is 6.87. The van der Waals surface area contributed by atoms with E-state index in [1.165, 1.54) is 12.1 Å². The van der Waals surface area contributed by atoms with Crippen molar-refractivity contribution in [1.29, 1.82) is 0 Å². The molecule has 20 heavy (non-hydrogen) atoms. The second-order valence-corrected chi connectivity index (χ2v) is 5.61. The van der Waals surface area contributed by atoms with Gasteiger partial charge in [0.1, 0.15) is 5.75 Å². The van der Waals surface area contributed by atoms with Gasteiger partial charge in [0.2, 0.25) is 0 Å². The number of alkyl halides is 3. The highest BCUT2D eigenvalue weighted by Crippen LogP contribution is 2.38. The zero-order valence-corrected chi connectivity index (χ0v) is 11.4. The van der Waals surface area contributed by atoms with Crippen LogP contribution in [0.4, 0.5) is 13.2 Å². The van der Waals surface area contributed by atoms with Gasteiger partial charge in [0.25, 0.3) is 0 Å². The quantitative estimate of drug-likeness (QED) is 0.905. The van der Waals surface area contributed by atoms with Gasteiger partial charge in [-0.3, -0.25) is 0 Å². The van der Waals surface area contributed by atoms with E-state index in [1.807, 2.05) is 0 Å². The standard InChI is InChI=1S/C15H19F3O2/c1-2-11-7-8-14(19,9-11)10-12-3-5-13(6-4-12)20-15(16,17)18/h3-6,11,19H,2,7-10H2,1H3. The summed E-state index contributed by atoms with van der Waals surface area (Å²) in [5.74, 6) is 0.318. The first-order chi connectivity index (χ1) is 9.30. The average molecular weight is 288 g/mol. The zero-order chi connectivity index (χ0) is 14.8. The maximum Gasteiger partial charge on any atom is 0.573 e. The Bertz CT molecular complexity index is 441. The van der Waals surface area contributed by atoms with Crippen molar-refractivity contribution < 1.29 is 23.0 Å². The van der Waals surface area contributed by atoms with Crippen molar-refractivity contribution >= 4 is 0 Å². The van der Waals surface area contributed by atoms with Crippen LogP contribution in [0.3, 0.4) is 0 Å². The molecule has 1 N–H and O–H groups in total. The Labute approximate surface area is 116 Å². The number of halogens is 3. The number of benzene rings is 1. The summed E-state index contributed by atoms with van der Waals surface area (Å²) >= 11 is 0. The Morgan fingerprint density at radius 3 is 2.45 bits per heavy atom. The third kappa shape index (κ3) is 4.13. The predicted octanol–water partition coefficient (Wildman–Crippen LogP) is 4.07. The molecule has 1 saturated carbocycles. The van der Waals surface area contributed by atoms with Crippen LogP contribution in [0.15, 0.2) is 24.3 Å². The van der Waals surface area contributed by atoms with Crippen LogP contribution in [0.5, 0.6) is 5.75 Å². The summed E-state index contributed by atoms with van der Waals surface area (Å²) in [6, 6.07) is 5.74. The molecule has 0 aromatic heterocycles. The normalized spacial score (nSPS) is 26.8. The minimum Gasteiger partial charge on any atom is -0.406 e. The first-order valence-electron chi connectivity index (χ1n) is 6.87. The fourth-order valence-corrected chi connectivity index (χ4v) is 2.91. The number of rotatable bonds is 4. The number of ether oxygens (including phenoxy) is 1. The Balaban J connectivity index is 1.97. The van der Waals surface area contributed by atoms with Gasteiger partial charge in [-0.25, -0.2) is 0 Å². The van der Waals surface area contributed by atoms with Gasteiger partial charge in [-0.05, 0) is 42.9 Å². The SMILES string of the molecule is CCC1CCC(O)(Cc2ccc(OC(F)(F)F)cc2)C1. The molecule has 2 nitrogen and oxygen atoms in total. The molecule has 0 aliphatic heterocycles. The molecule has 0 radical (unpaired) electrons. The van der Waals surface area contributed by atoms with Crippen molar-refractivity contribution in [2.45, 2.75) is 51.0 Å². The molecule has 0 amide bonds. The van der Waals surface area contributed by atoms with Crippen LogP contribution in [0.2, 0.25) is 0 Å². The Morgan fingerprint density at radius 1 is 1.30 bits per heavy atom. The maximum atomic E-state index is 12.1. The summed E-state index contributed by atoms with van der Waals surface area (Å²) < 4.78 is 40.0. The molecule has 1 aliphatic rings. The van der Waals surface area contributed by atoms with Gasteiger partial charge in [0, 0.05) is 6.42 Å². The van der Waals surface area contributed by atoms with E-state index in [9.17, 15) is 18.3 Å². The van der Waals surface area contributed by atoms with Crippen LogP contribution < -0.4 is 4.74 Å². The lowest BCUT2D eigenvalue weighted by atomic mass is 9.91. The zero-order valence-electron chi connectivity index (χ0n) is 11.4. The van der Waals surface area contributed by atoms with Gasteiger partial charge in [0.15, 0.2) is 0 Å². The fraction of sp³-hybridized carbons (Fsp3) is 0.600. The Kier molecular flexibility index (Phi) is 4.28. The molecular weight excluding hydrogens is 269 g/mol. The fourth-order valence-electron chi connectivity index (χ4n) is 2.91. The molecule has 0 spiro atoms. The van der Waals surface area contributed by atoms with Gasteiger partial charge in [-0.1, -0.05) is 25.5 Å². The lowest BCUT2D eigenvalue weighted by Gasteiger charge is -2.23. The van der Waals surface area contributed by atoms with Gasteiger partial charge in [-0.2, -0.15) is 0 Å². The Morgan fingerprint density at radius 2 is 1.95 bits per heavy atom. The summed E-state index contributed by atoms with van der Waals surface area (Å²) in [4.78, 5) is 0. The number of aliphatic hydroxyl groups is 1. The second-order valence-electron chi connectivity index (χ2n) is 5.61. The van der Waals surface area contributed by atoms with Crippen molar-refractivity contribution in [3.05, 3.63) is 29.8 Å². The molecule has 1 aromatic rings. The maximum absolute atomic E-state index is 12.1. The van der Waals surface area contributed by atoms with Crippen LogP contribution in [0.1, 0.15) is 38.2 Å². The first kappa shape index (κ1) is 15.2. The third-order valence-corrected chi connectivity index (χ3v) is 3.95. The van der Waals surface area contributed by atoms with E-state index < -0.39 is 12.0 Å². The molecule has 0 bridgehead atoms. The smallest absolute Gasteiger partial charge is 0.406 e. The van der Waals surface area contributed by atoms with Crippen molar-refractivity contribution in [1.82, 2.24) is 0 Å². The van der Waals surface area contributed by atoms with E-state index in [4.69, 9.17) is 0 Å². The Hall–Kier alpha value is -1.23. The summed E-state index contributed by atoms with van der Waals surface area (Å²) in [6.45, 7) is 2.11. The molecule has 2 unspecified atom stereocenters. The van der Waals surface area contributed by atoms with Crippen molar-refractivity contribution in [3.63, 3.8) is 0 Å². The second kappa shape index (κ2) is 5.64. The van der Waals surface area contributed by atoms with E-state index >= 15 is 0 Å².